The van der Waals surface area contributed by atoms with E-state index in [0.717, 1.165) is 47.6 Å². The van der Waals surface area contributed by atoms with E-state index in [9.17, 15) is 9.90 Å². The first-order valence-corrected chi connectivity index (χ1v) is 12.1. The summed E-state index contributed by atoms with van der Waals surface area (Å²) in [6.45, 7) is 3.42. The van der Waals surface area contributed by atoms with E-state index in [-0.39, 0.29) is 5.91 Å². The number of aliphatic hydroxyl groups excluding tert-OH is 1. The van der Waals surface area contributed by atoms with Gasteiger partial charge in [0, 0.05) is 23.7 Å². The minimum atomic E-state index is -0.929. The quantitative estimate of drug-likeness (QED) is 0.438. The van der Waals surface area contributed by atoms with Gasteiger partial charge < -0.3 is 10.0 Å². The molecule has 1 heterocycles. The Kier molecular flexibility index (Phi) is 7.81. The lowest BCUT2D eigenvalue weighted by Gasteiger charge is -2.35. The highest BCUT2D eigenvalue weighted by Crippen LogP contribution is 2.30. The molecule has 0 aromatic heterocycles. The average molecular weight is 463 g/mol. The molecule has 0 radical (unpaired) electrons. The molecule has 0 spiro atoms. The van der Waals surface area contributed by atoms with Crippen LogP contribution in [0.5, 0.6) is 0 Å². The van der Waals surface area contributed by atoms with Crippen LogP contribution < -0.4 is 5.32 Å². The molecule has 4 rings (SSSR count). The van der Waals surface area contributed by atoms with Crippen molar-refractivity contribution in [3.63, 3.8) is 0 Å². The zero-order valence-corrected chi connectivity index (χ0v) is 19.7. The Morgan fingerprint density at radius 2 is 1.64 bits per heavy atom. The molecule has 5 heteroatoms. The van der Waals surface area contributed by atoms with Crippen LogP contribution in [0, 0.1) is 0 Å². The van der Waals surface area contributed by atoms with Gasteiger partial charge in [0.25, 0.3) is 0 Å². The molecule has 3 aromatic carbocycles. The van der Waals surface area contributed by atoms with Crippen LogP contribution in [0.4, 0.5) is 0 Å². The highest BCUT2D eigenvalue weighted by Gasteiger charge is 2.29. The highest BCUT2D eigenvalue weighted by molar-refractivity contribution is 6.30. The van der Waals surface area contributed by atoms with E-state index >= 15 is 0 Å². The van der Waals surface area contributed by atoms with Crippen LogP contribution in [-0.2, 0) is 4.79 Å². The summed E-state index contributed by atoms with van der Waals surface area (Å²) in [5.41, 5.74) is 4.06. The number of nitrogens with zero attached hydrogens (tertiary/aromatic N) is 1. The minimum absolute atomic E-state index is 0.0586. The summed E-state index contributed by atoms with van der Waals surface area (Å²) >= 11 is 6.02. The average Bonchev–Trinajstić information content (AvgIpc) is 2.88. The normalized spacial score (nSPS) is 16.4. The van der Waals surface area contributed by atoms with Crippen LogP contribution in [0.1, 0.15) is 49.5 Å². The summed E-state index contributed by atoms with van der Waals surface area (Å²) in [7, 11) is 0. The predicted octanol–water partition coefficient (Wildman–Crippen LogP) is 5.77. The number of aliphatic hydroxyl groups is 1. The van der Waals surface area contributed by atoms with Crippen molar-refractivity contribution in [3.05, 3.63) is 95.0 Å². The summed E-state index contributed by atoms with van der Waals surface area (Å²) in [5, 5.41) is 15.0. The largest absolute Gasteiger partial charge is 0.374 e. The number of carbonyl (C=O) groups excluding carboxylic acids is 1. The van der Waals surface area contributed by atoms with Crippen LogP contribution in [0.2, 0.25) is 5.02 Å². The van der Waals surface area contributed by atoms with Gasteiger partial charge >= 0.3 is 0 Å². The molecular weight excluding hydrogens is 432 g/mol. The molecule has 1 aliphatic rings. The maximum absolute atomic E-state index is 13.3. The first-order valence-electron chi connectivity index (χ1n) is 11.7. The van der Waals surface area contributed by atoms with Gasteiger partial charge in [-0.15, -0.1) is 0 Å². The van der Waals surface area contributed by atoms with Gasteiger partial charge in [-0.1, -0.05) is 85.3 Å². The first-order chi connectivity index (χ1) is 16.1. The van der Waals surface area contributed by atoms with Crippen molar-refractivity contribution in [1.29, 1.82) is 0 Å². The Labute approximate surface area is 201 Å². The molecule has 172 valence electrons. The van der Waals surface area contributed by atoms with Gasteiger partial charge in [-0.05, 0) is 54.0 Å². The van der Waals surface area contributed by atoms with E-state index in [1.54, 1.807) is 0 Å². The molecule has 1 saturated heterocycles. The summed E-state index contributed by atoms with van der Waals surface area (Å²) in [6, 6.07) is 25.4. The smallest absolute Gasteiger partial charge is 0.239 e. The fourth-order valence-corrected chi connectivity index (χ4v) is 4.77. The standard InChI is InChI=1S/C28H31ClN2O2/c1-2-26(28(33)31-18-16-21(17-19-31)20-12-14-23(29)15-13-20)30-27(32)25-11-7-6-10-24(25)22-8-4-3-5-9-22/h3-15,21,26-27,30,32H,2,16-19H2,1H3/t26-,27-/m1/s1. The second-order valence-electron chi connectivity index (χ2n) is 8.63. The van der Waals surface area contributed by atoms with Gasteiger partial charge in [0.05, 0.1) is 6.04 Å². The van der Waals surface area contributed by atoms with E-state index in [2.05, 4.69) is 17.4 Å². The number of carbonyl (C=O) groups is 1. The number of halogens is 1. The van der Waals surface area contributed by atoms with Crippen LogP contribution in [0.25, 0.3) is 11.1 Å². The molecule has 1 aliphatic heterocycles. The van der Waals surface area contributed by atoms with Gasteiger partial charge in [0.15, 0.2) is 0 Å². The zero-order valence-electron chi connectivity index (χ0n) is 19.0. The molecule has 0 aliphatic carbocycles. The second kappa shape index (κ2) is 11.0. The summed E-state index contributed by atoms with van der Waals surface area (Å²) in [6.07, 6.45) is 1.55. The Hall–Kier alpha value is -2.66. The molecular formula is C28H31ClN2O2. The predicted molar refractivity (Wildman–Crippen MR) is 134 cm³/mol. The highest BCUT2D eigenvalue weighted by atomic mass is 35.5. The van der Waals surface area contributed by atoms with Crippen molar-refractivity contribution in [2.45, 2.75) is 44.4 Å². The Morgan fingerprint density at radius 1 is 1.00 bits per heavy atom. The van der Waals surface area contributed by atoms with E-state index in [0.29, 0.717) is 12.3 Å². The van der Waals surface area contributed by atoms with Crippen molar-refractivity contribution >= 4 is 17.5 Å². The fraction of sp³-hybridized carbons (Fsp3) is 0.321. The van der Waals surface area contributed by atoms with E-state index in [4.69, 9.17) is 11.6 Å². The second-order valence-corrected chi connectivity index (χ2v) is 9.07. The van der Waals surface area contributed by atoms with E-state index < -0.39 is 12.3 Å². The molecule has 4 nitrogen and oxygen atoms in total. The van der Waals surface area contributed by atoms with E-state index in [1.165, 1.54) is 5.56 Å². The summed E-state index contributed by atoms with van der Waals surface area (Å²) < 4.78 is 0. The van der Waals surface area contributed by atoms with Gasteiger partial charge in [-0.3, -0.25) is 10.1 Å². The molecule has 3 aromatic rings. The van der Waals surface area contributed by atoms with Crippen molar-refractivity contribution in [3.8, 4) is 11.1 Å². The molecule has 1 fully saturated rings. The third kappa shape index (κ3) is 5.64. The molecule has 2 atom stereocenters. The Balaban J connectivity index is 1.40. The monoisotopic (exact) mass is 462 g/mol. The topological polar surface area (TPSA) is 52.6 Å². The van der Waals surface area contributed by atoms with Crippen LogP contribution in [0.3, 0.4) is 0 Å². The van der Waals surface area contributed by atoms with Crippen molar-refractivity contribution in [2.24, 2.45) is 0 Å². The van der Waals surface area contributed by atoms with Crippen LogP contribution >= 0.6 is 11.6 Å². The third-order valence-corrected chi connectivity index (χ3v) is 6.81. The third-order valence-electron chi connectivity index (χ3n) is 6.55. The number of hydrogen-bond donors (Lipinski definition) is 2. The SMILES string of the molecule is CC[C@@H](N[C@H](O)c1ccccc1-c1ccccc1)C(=O)N1CCC(c2ccc(Cl)cc2)CC1. The van der Waals surface area contributed by atoms with Gasteiger partial charge in [-0.25, -0.2) is 0 Å². The van der Waals surface area contributed by atoms with Gasteiger partial charge in [0.2, 0.25) is 5.91 Å². The number of piperidine rings is 1. The van der Waals surface area contributed by atoms with Crippen molar-refractivity contribution in [2.75, 3.05) is 13.1 Å². The zero-order chi connectivity index (χ0) is 23.2. The number of nitrogens with one attached hydrogen (secondary N) is 1. The number of benzene rings is 3. The Bertz CT molecular complexity index is 1050. The van der Waals surface area contributed by atoms with Crippen LogP contribution in [0.15, 0.2) is 78.9 Å². The van der Waals surface area contributed by atoms with E-state index in [1.807, 2.05) is 78.6 Å². The number of rotatable bonds is 7. The molecule has 2 N–H and O–H groups in total. The maximum Gasteiger partial charge on any atom is 0.239 e. The van der Waals surface area contributed by atoms with Gasteiger partial charge in [0.1, 0.15) is 6.23 Å². The summed E-state index contributed by atoms with van der Waals surface area (Å²) in [4.78, 5) is 15.2. The van der Waals surface area contributed by atoms with Crippen molar-refractivity contribution in [1.82, 2.24) is 10.2 Å². The Morgan fingerprint density at radius 3 is 2.30 bits per heavy atom. The lowest BCUT2D eigenvalue weighted by Crippen LogP contribution is -2.49. The maximum atomic E-state index is 13.3. The molecule has 0 bridgehead atoms. The first kappa shape index (κ1) is 23.5. The molecule has 33 heavy (non-hydrogen) atoms. The molecule has 0 unspecified atom stereocenters. The van der Waals surface area contributed by atoms with Crippen LogP contribution in [-0.4, -0.2) is 35.0 Å². The summed E-state index contributed by atoms with van der Waals surface area (Å²) in [5.74, 6) is 0.506. The lowest BCUT2D eigenvalue weighted by molar-refractivity contribution is -0.135. The minimum Gasteiger partial charge on any atom is -0.374 e. The fourth-order valence-electron chi connectivity index (χ4n) is 4.65. The molecule has 1 amide bonds. The number of hydrogen-bond acceptors (Lipinski definition) is 3. The molecule has 0 saturated carbocycles. The van der Waals surface area contributed by atoms with Crippen molar-refractivity contribution < 1.29 is 9.90 Å². The van der Waals surface area contributed by atoms with Gasteiger partial charge in [-0.2, -0.15) is 0 Å². The number of likely N-dealkylation sites (tertiary alicyclic amines) is 1. The lowest BCUT2D eigenvalue weighted by atomic mass is 9.89. The number of amides is 1.